The van der Waals surface area contributed by atoms with Gasteiger partial charge < -0.3 is 9.84 Å². The van der Waals surface area contributed by atoms with Gasteiger partial charge in [-0.25, -0.2) is 0 Å². The summed E-state index contributed by atoms with van der Waals surface area (Å²) >= 11 is 0. The average Bonchev–Trinajstić information content (AvgIpc) is 2.26. The van der Waals surface area contributed by atoms with Crippen LogP contribution in [0.4, 0.5) is 0 Å². The zero-order valence-corrected chi connectivity index (χ0v) is 8.19. The Morgan fingerprint density at radius 1 is 1.50 bits per heavy atom. The molecule has 1 rings (SSSR count). The first-order valence-electron chi connectivity index (χ1n) is 4.63. The third kappa shape index (κ3) is 2.57. The molecule has 1 aromatic carbocycles. The first-order valence-corrected chi connectivity index (χ1v) is 4.63. The molecule has 0 saturated heterocycles. The molecule has 1 aromatic rings. The minimum absolute atomic E-state index is 0.110. The maximum Gasteiger partial charge on any atom is 0.150 e. The lowest BCUT2D eigenvalue weighted by Crippen LogP contribution is -1.99. The van der Waals surface area contributed by atoms with Gasteiger partial charge in [0.05, 0.1) is 13.2 Å². The summed E-state index contributed by atoms with van der Waals surface area (Å²) in [6.07, 6.45) is 1.67. The molecule has 0 atom stereocenters. The maximum absolute atomic E-state index is 10.5. The molecule has 0 aliphatic rings. The monoisotopic (exact) mass is 194 g/mol. The molecule has 0 saturated carbocycles. The van der Waals surface area contributed by atoms with E-state index in [4.69, 9.17) is 9.84 Å². The first-order chi connectivity index (χ1) is 6.81. The van der Waals surface area contributed by atoms with Gasteiger partial charge in [0.25, 0.3) is 0 Å². The lowest BCUT2D eigenvalue weighted by Gasteiger charge is -2.09. The molecule has 1 N–H and O–H groups in total. The van der Waals surface area contributed by atoms with Crippen LogP contribution >= 0.6 is 0 Å². The smallest absolute Gasteiger partial charge is 0.150 e. The van der Waals surface area contributed by atoms with Crippen molar-refractivity contribution in [1.82, 2.24) is 0 Å². The van der Waals surface area contributed by atoms with Crippen LogP contribution in [-0.2, 0) is 6.61 Å². The van der Waals surface area contributed by atoms with Gasteiger partial charge in [-0.3, -0.25) is 4.79 Å². The Hall–Kier alpha value is -1.35. The zero-order valence-electron chi connectivity index (χ0n) is 8.19. The number of benzene rings is 1. The van der Waals surface area contributed by atoms with E-state index in [2.05, 4.69) is 0 Å². The summed E-state index contributed by atoms with van der Waals surface area (Å²) in [7, 11) is 0. The fourth-order valence-electron chi connectivity index (χ4n) is 1.15. The topological polar surface area (TPSA) is 46.5 Å². The summed E-state index contributed by atoms with van der Waals surface area (Å²) in [4.78, 5) is 10.5. The lowest BCUT2D eigenvalue weighted by atomic mass is 10.1. The zero-order chi connectivity index (χ0) is 10.4. The van der Waals surface area contributed by atoms with Crippen molar-refractivity contribution in [2.75, 3.05) is 6.61 Å². The molecule has 0 radical (unpaired) electrons. The fraction of sp³-hybridized carbons (Fsp3) is 0.364. The molecule has 0 unspecified atom stereocenters. The predicted molar refractivity (Wildman–Crippen MR) is 53.5 cm³/mol. The molecule has 76 valence electrons. The van der Waals surface area contributed by atoms with Crippen LogP contribution in [0.15, 0.2) is 18.2 Å². The van der Waals surface area contributed by atoms with Gasteiger partial charge in [0, 0.05) is 11.1 Å². The third-order valence-corrected chi connectivity index (χ3v) is 1.85. The largest absolute Gasteiger partial charge is 0.493 e. The predicted octanol–water partition coefficient (Wildman–Crippen LogP) is 1.78. The van der Waals surface area contributed by atoms with Gasteiger partial charge in [0.2, 0.25) is 0 Å². The standard InChI is InChI=1S/C11H14O3/c1-2-5-14-11-4-3-9(7-12)6-10(11)8-13/h3-4,6-7,13H,2,5,8H2,1H3. The maximum atomic E-state index is 10.5. The molecule has 0 heterocycles. The molecule has 3 heteroatoms. The van der Waals surface area contributed by atoms with Crippen molar-refractivity contribution in [1.29, 1.82) is 0 Å². The SMILES string of the molecule is CCCOc1ccc(C=O)cc1CO. The summed E-state index contributed by atoms with van der Waals surface area (Å²) in [6, 6.07) is 5.03. The highest BCUT2D eigenvalue weighted by molar-refractivity contribution is 5.75. The van der Waals surface area contributed by atoms with Crippen molar-refractivity contribution >= 4 is 6.29 Å². The van der Waals surface area contributed by atoms with E-state index in [0.717, 1.165) is 12.7 Å². The molecule has 0 aliphatic carbocycles. The van der Waals surface area contributed by atoms with Crippen LogP contribution < -0.4 is 4.74 Å². The number of hydrogen-bond donors (Lipinski definition) is 1. The van der Waals surface area contributed by atoms with Crippen LogP contribution in [0, 0.1) is 0 Å². The molecule has 14 heavy (non-hydrogen) atoms. The summed E-state index contributed by atoms with van der Waals surface area (Å²) in [5.74, 6) is 0.653. The Morgan fingerprint density at radius 2 is 2.29 bits per heavy atom. The van der Waals surface area contributed by atoms with E-state index in [9.17, 15) is 4.79 Å². The van der Waals surface area contributed by atoms with E-state index < -0.39 is 0 Å². The van der Waals surface area contributed by atoms with Gasteiger partial charge in [0.1, 0.15) is 12.0 Å². The fourth-order valence-corrected chi connectivity index (χ4v) is 1.15. The van der Waals surface area contributed by atoms with Crippen molar-refractivity contribution in [3.63, 3.8) is 0 Å². The molecule has 0 spiro atoms. The highest BCUT2D eigenvalue weighted by Gasteiger charge is 2.03. The van der Waals surface area contributed by atoms with Gasteiger partial charge in [-0.2, -0.15) is 0 Å². The van der Waals surface area contributed by atoms with Crippen LogP contribution in [0.5, 0.6) is 5.75 Å². The second-order valence-corrected chi connectivity index (χ2v) is 2.99. The van der Waals surface area contributed by atoms with Crippen LogP contribution in [-0.4, -0.2) is 18.0 Å². The average molecular weight is 194 g/mol. The Labute approximate surface area is 83.3 Å². The van der Waals surface area contributed by atoms with Crippen LogP contribution in [0.3, 0.4) is 0 Å². The summed E-state index contributed by atoms with van der Waals surface area (Å²) < 4.78 is 5.40. The highest BCUT2D eigenvalue weighted by Crippen LogP contribution is 2.19. The van der Waals surface area contributed by atoms with Gasteiger partial charge in [0.15, 0.2) is 0 Å². The van der Waals surface area contributed by atoms with Crippen LogP contribution in [0.1, 0.15) is 29.3 Å². The number of aldehydes is 1. The minimum atomic E-state index is -0.110. The molecule has 0 fully saturated rings. The second-order valence-electron chi connectivity index (χ2n) is 2.99. The molecule has 0 amide bonds. The van der Waals surface area contributed by atoms with Gasteiger partial charge in [-0.1, -0.05) is 6.92 Å². The van der Waals surface area contributed by atoms with Crippen molar-refractivity contribution < 1.29 is 14.6 Å². The second kappa shape index (κ2) is 5.40. The Kier molecular flexibility index (Phi) is 4.13. The quantitative estimate of drug-likeness (QED) is 0.727. The highest BCUT2D eigenvalue weighted by atomic mass is 16.5. The Balaban J connectivity index is 2.87. The Morgan fingerprint density at radius 3 is 2.86 bits per heavy atom. The van der Waals surface area contributed by atoms with E-state index in [1.54, 1.807) is 18.2 Å². The number of carbonyl (C=O) groups is 1. The Bertz CT molecular complexity index is 307. The molecule has 0 aromatic heterocycles. The molecular formula is C11H14O3. The van der Waals surface area contributed by atoms with E-state index in [1.807, 2.05) is 6.92 Å². The number of hydrogen-bond acceptors (Lipinski definition) is 3. The number of aliphatic hydroxyl groups excluding tert-OH is 1. The van der Waals surface area contributed by atoms with Gasteiger partial charge >= 0.3 is 0 Å². The van der Waals surface area contributed by atoms with Gasteiger partial charge in [-0.05, 0) is 24.6 Å². The van der Waals surface area contributed by atoms with Crippen LogP contribution in [0.2, 0.25) is 0 Å². The normalized spacial score (nSPS) is 9.86. The summed E-state index contributed by atoms with van der Waals surface area (Å²) in [6.45, 7) is 2.52. The molecule has 0 bridgehead atoms. The van der Waals surface area contributed by atoms with Crippen molar-refractivity contribution in [3.8, 4) is 5.75 Å². The molecule has 0 aliphatic heterocycles. The van der Waals surface area contributed by atoms with Crippen molar-refractivity contribution in [2.24, 2.45) is 0 Å². The van der Waals surface area contributed by atoms with Crippen LogP contribution in [0.25, 0.3) is 0 Å². The first kappa shape index (κ1) is 10.7. The lowest BCUT2D eigenvalue weighted by molar-refractivity contribution is 0.112. The van der Waals surface area contributed by atoms with E-state index >= 15 is 0 Å². The number of carbonyl (C=O) groups excluding carboxylic acids is 1. The molecule has 3 nitrogen and oxygen atoms in total. The number of aliphatic hydroxyl groups is 1. The summed E-state index contributed by atoms with van der Waals surface area (Å²) in [5.41, 5.74) is 1.21. The minimum Gasteiger partial charge on any atom is -0.493 e. The number of ether oxygens (including phenoxy) is 1. The molecular weight excluding hydrogens is 180 g/mol. The third-order valence-electron chi connectivity index (χ3n) is 1.85. The van der Waals surface area contributed by atoms with Crippen molar-refractivity contribution in [3.05, 3.63) is 29.3 Å². The van der Waals surface area contributed by atoms with E-state index in [1.165, 1.54) is 0 Å². The van der Waals surface area contributed by atoms with Gasteiger partial charge in [-0.15, -0.1) is 0 Å². The van der Waals surface area contributed by atoms with Crippen molar-refractivity contribution in [2.45, 2.75) is 20.0 Å². The summed E-state index contributed by atoms with van der Waals surface area (Å²) in [5, 5.41) is 9.04. The van der Waals surface area contributed by atoms with E-state index in [0.29, 0.717) is 23.5 Å². The van der Waals surface area contributed by atoms with E-state index in [-0.39, 0.29) is 6.61 Å². The number of rotatable bonds is 5.